The molecule has 98 valence electrons. The molecule has 1 amide bonds. The van der Waals surface area contributed by atoms with E-state index in [9.17, 15) is 15.0 Å². The SMILES string of the molecule is NCCC(O)C(O)c1ccc2c(c1)CCC(=O)N2. The highest BCUT2D eigenvalue weighted by atomic mass is 16.3. The standard InChI is InChI=1S/C13H18N2O3/c14-6-5-11(16)13(18)9-1-3-10-8(7-9)2-4-12(17)15-10/h1,3,7,11,13,16,18H,2,4-6,14H2,(H,15,17). The van der Waals surface area contributed by atoms with Crippen LogP contribution in [-0.2, 0) is 11.2 Å². The van der Waals surface area contributed by atoms with Gasteiger partial charge in [0.1, 0.15) is 6.10 Å². The van der Waals surface area contributed by atoms with Crippen LogP contribution in [-0.4, -0.2) is 28.8 Å². The summed E-state index contributed by atoms with van der Waals surface area (Å²) in [5.74, 6) is 0.0129. The number of rotatable bonds is 4. The molecule has 5 nitrogen and oxygen atoms in total. The molecule has 0 spiro atoms. The number of anilines is 1. The van der Waals surface area contributed by atoms with E-state index in [1.54, 1.807) is 12.1 Å². The first-order valence-corrected chi connectivity index (χ1v) is 6.10. The molecule has 0 saturated carbocycles. The first kappa shape index (κ1) is 13.0. The highest BCUT2D eigenvalue weighted by Gasteiger charge is 2.20. The average molecular weight is 250 g/mol. The minimum atomic E-state index is -0.934. The van der Waals surface area contributed by atoms with Gasteiger partial charge in [-0.3, -0.25) is 4.79 Å². The summed E-state index contributed by atoms with van der Waals surface area (Å²) in [7, 11) is 0. The number of nitrogens with one attached hydrogen (secondary N) is 1. The van der Waals surface area contributed by atoms with Crippen molar-refractivity contribution in [2.75, 3.05) is 11.9 Å². The maximum Gasteiger partial charge on any atom is 0.224 e. The predicted molar refractivity (Wildman–Crippen MR) is 68.0 cm³/mol. The summed E-state index contributed by atoms with van der Waals surface area (Å²) in [6, 6.07) is 5.31. The number of carbonyl (C=O) groups excluding carboxylic acids is 1. The molecule has 0 fully saturated rings. The van der Waals surface area contributed by atoms with Crippen LogP contribution in [0.15, 0.2) is 18.2 Å². The number of nitrogens with two attached hydrogens (primary N) is 1. The Morgan fingerprint density at radius 3 is 2.83 bits per heavy atom. The lowest BCUT2D eigenvalue weighted by molar-refractivity contribution is -0.116. The monoisotopic (exact) mass is 250 g/mol. The van der Waals surface area contributed by atoms with Crippen molar-refractivity contribution in [3.8, 4) is 0 Å². The first-order valence-electron chi connectivity index (χ1n) is 6.10. The molecule has 2 rings (SSSR count). The number of hydrogen-bond acceptors (Lipinski definition) is 4. The molecule has 5 N–H and O–H groups in total. The normalized spacial score (nSPS) is 17.8. The molecule has 0 aliphatic carbocycles. The Morgan fingerprint density at radius 1 is 1.33 bits per heavy atom. The highest BCUT2D eigenvalue weighted by Crippen LogP contribution is 2.27. The van der Waals surface area contributed by atoms with Crippen molar-refractivity contribution in [2.24, 2.45) is 5.73 Å². The molecule has 0 bridgehead atoms. The second-order valence-corrected chi connectivity index (χ2v) is 4.55. The Bertz CT molecular complexity index is 448. The van der Waals surface area contributed by atoms with E-state index in [1.807, 2.05) is 6.07 Å². The zero-order chi connectivity index (χ0) is 13.1. The third-order valence-corrected chi connectivity index (χ3v) is 3.19. The van der Waals surface area contributed by atoms with E-state index in [-0.39, 0.29) is 5.91 Å². The zero-order valence-corrected chi connectivity index (χ0v) is 10.1. The summed E-state index contributed by atoms with van der Waals surface area (Å²) in [6.45, 7) is 0.333. The van der Waals surface area contributed by atoms with Crippen LogP contribution in [0.25, 0.3) is 0 Å². The quantitative estimate of drug-likeness (QED) is 0.618. The predicted octanol–water partition coefficient (Wildman–Crippen LogP) is 0.314. The maximum atomic E-state index is 11.2. The fourth-order valence-electron chi connectivity index (χ4n) is 2.14. The van der Waals surface area contributed by atoms with Crippen molar-refractivity contribution in [1.82, 2.24) is 0 Å². The summed E-state index contributed by atoms with van der Waals surface area (Å²) < 4.78 is 0. The number of hydrogen-bond donors (Lipinski definition) is 4. The van der Waals surface area contributed by atoms with Gasteiger partial charge in [0, 0.05) is 12.1 Å². The molecule has 1 aliphatic heterocycles. The van der Waals surface area contributed by atoms with Crippen molar-refractivity contribution in [3.05, 3.63) is 29.3 Å². The minimum Gasteiger partial charge on any atom is -0.390 e. The second kappa shape index (κ2) is 5.48. The largest absolute Gasteiger partial charge is 0.390 e. The number of aliphatic hydroxyl groups excluding tert-OH is 2. The van der Waals surface area contributed by atoms with Crippen LogP contribution < -0.4 is 11.1 Å². The third kappa shape index (κ3) is 2.69. The van der Waals surface area contributed by atoms with Gasteiger partial charge < -0.3 is 21.3 Å². The molecule has 2 atom stereocenters. The van der Waals surface area contributed by atoms with Crippen molar-refractivity contribution in [3.63, 3.8) is 0 Å². The van der Waals surface area contributed by atoms with Crippen LogP contribution in [0, 0.1) is 0 Å². The van der Waals surface area contributed by atoms with Gasteiger partial charge >= 0.3 is 0 Å². The minimum absolute atomic E-state index is 0.0129. The lowest BCUT2D eigenvalue weighted by Gasteiger charge is -2.21. The first-order chi connectivity index (χ1) is 8.61. The Balaban J connectivity index is 2.18. The van der Waals surface area contributed by atoms with Gasteiger partial charge in [-0.25, -0.2) is 0 Å². The van der Waals surface area contributed by atoms with Crippen LogP contribution in [0.5, 0.6) is 0 Å². The second-order valence-electron chi connectivity index (χ2n) is 4.55. The molecule has 1 aliphatic rings. The van der Waals surface area contributed by atoms with E-state index >= 15 is 0 Å². The summed E-state index contributed by atoms with van der Waals surface area (Å²) in [5, 5.41) is 22.5. The molecule has 0 saturated heterocycles. The number of carbonyl (C=O) groups is 1. The van der Waals surface area contributed by atoms with Gasteiger partial charge in [0.15, 0.2) is 0 Å². The van der Waals surface area contributed by atoms with Crippen LogP contribution in [0.1, 0.15) is 30.1 Å². The molecule has 2 unspecified atom stereocenters. The van der Waals surface area contributed by atoms with E-state index < -0.39 is 12.2 Å². The van der Waals surface area contributed by atoms with E-state index in [0.29, 0.717) is 31.4 Å². The number of benzene rings is 1. The van der Waals surface area contributed by atoms with Crippen molar-refractivity contribution >= 4 is 11.6 Å². The summed E-state index contributed by atoms with van der Waals surface area (Å²) in [4.78, 5) is 11.2. The van der Waals surface area contributed by atoms with Gasteiger partial charge in [-0.1, -0.05) is 12.1 Å². The molecular formula is C13H18N2O3. The van der Waals surface area contributed by atoms with Gasteiger partial charge in [-0.2, -0.15) is 0 Å². The smallest absolute Gasteiger partial charge is 0.224 e. The van der Waals surface area contributed by atoms with Gasteiger partial charge in [0.2, 0.25) is 5.91 Å². The van der Waals surface area contributed by atoms with Gasteiger partial charge in [-0.15, -0.1) is 0 Å². The number of amides is 1. The lowest BCUT2D eigenvalue weighted by Crippen LogP contribution is -2.23. The topological polar surface area (TPSA) is 95.6 Å². The molecule has 5 heteroatoms. The molecule has 0 radical (unpaired) electrons. The van der Waals surface area contributed by atoms with Gasteiger partial charge in [-0.05, 0) is 36.6 Å². The van der Waals surface area contributed by atoms with Crippen molar-refractivity contribution in [1.29, 1.82) is 0 Å². The van der Waals surface area contributed by atoms with Crippen LogP contribution in [0.3, 0.4) is 0 Å². The number of aryl methyl sites for hydroxylation is 1. The third-order valence-electron chi connectivity index (χ3n) is 3.19. The number of aliphatic hydroxyl groups is 2. The molecule has 1 heterocycles. The zero-order valence-electron chi connectivity index (χ0n) is 10.1. The van der Waals surface area contributed by atoms with Crippen molar-refractivity contribution in [2.45, 2.75) is 31.5 Å². The molecule has 18 heavy (non-hydrogen) atoms. The Hall–Kier alpha value is -1.43. The molecule has 1 aromatic carbocycles. The average Bonchev–Trinajstić information content (AvgIpc) is 2.37. The maximum absolute atomic E-state index is 11.2. The van der Waals surface area contributed by atoms with Gasteiger partial charge in [0.25, 0.3) is 0 Å². The van der Waals surface area contributed by atoms with Crippen molar-refractivity contribution < 1.29 is 15.0 Å². The summed E-state index contributed by atoms with van der Waals surface area (Å²) in [6.07, 6.45) is -0.315. The van der Waals surface area contributed by atoms with E-state index in [4.69, 9.17) is 5.73 Å². The van der Waals surface area contributed by atoms with E-state index in [2.05, 4.69) is 5.32 Å². The fourth-order valence-corrected chi connectivity index (χ4v) is 2.14. The summed E-state index contributed by atoms with van der Waals surface area (Å²) >= 11 is 0. The highest BCUT2D eigenvalue weighted by molar-refractivity contribution is 5.93. The Kier molecular flexibility index (Phi) is 3.96. The van der Waals surface area contributed by atoms with E-state index in [1.165, 1.54) is 0 Å². The van der Waals surface area contributed by atoms with E-state index in [0.717, 1.165) is 11.3 Å². The molecule has 0 aromatic heterocycles. The Morgan fingerprint density at radius 2 is 2.11 bits per heavy atom. The van der Waals surface area contributed by atoms with Crippen LogP contribution in [0.2, 0.25) is 0 Å². The van der Waals surface area contributed by atoms with Crippen LogP contribution >= 0.6 is 0 Å². The van der Waals surface area contributed by atoms with Gasteiger partial charge in [0.05, 0.1) is 6.10 Å². The summed E-state index contributed by atoms with van der Waals surface area (Å²) in [5.41, 5.74) is 7.79. The lowest BCUT2D eigenvalue weighted by atomic mass is 9.95. The van der Waals surface area contributed by atoms with Crippen LogP contribution in [0.4, 0.5) is 5.69 Å². The Labute approximate surface area is 106 Å². The fraction of sp³-hybridized carbons (Fsp3) is 0.462. The molecular weight excluding hydrogens is 232 g/mol. The number of fused-ring (bicyclic) bond motifs is 1. The molecule has 1 aromatic rings.